The maximum atomic E-state index is 13.9. The molecule has 0 aliphatic carbocycles. The molecule has 4 atom stereocenters. The summed E-state index contributed by atoms with van der Waals surface area (Å²) in [7, 11) is 4.18. The van der Waals surface area contributed by atoms with Crippen LogP contribution in [0.15, 0.2) is 97.3 Å². The Morgan fingerprint density at radius 1 is 0.573 bits per heavy atom. The fourth-order valence-electron chi connectivity index (χ4n) is 12.4. The molecule has 6 aromatic rings. The zero-order valence-electron chi connectivity index (χ0n) is 52.8. The average molecular weight is 1340 g/mol. The van der Waals surface area contributed by atoms with Gasteiger partial charge in [-0.25, -0.2) is 32.7 Å². The Hall–Kier alpha value is -9.19. The van der Waals surface area contributed by atoms with Crippen molar-refractivity contribution in [1.29, 1.82) is 0 Å². The Kier molecular flexibility index (Phi) is 24.4. The predicted molar refractivity (Wildman–Crippen MR) is 343 cm³/mol. The fraction of sp³-hybridized carbons (Fsp3) is 0.493. The second kappa shape index (κ2) is 33.0. The summed E-state index contributed by atoms with van der Waals surface area (Å²) in [5.41, 5.74) is 3.17. The Bertz CT molecular complexity index is 3640. The van der Waals surface area contributed by atoms with Gasteiger partial charge in [-0.05, 0) is 108 Å². The number of carbonyl (C=O) groups is 2. The fourth-order valence-corrected chi connectivity index (χ4v) is 12.4. The summed E-state index contributed by atoms with van der Waals surface area (Å²) in [6, 6.07) is 23.5. The number of hydrogen-bond acceptors (Lipinski definition) is 18. The van der Waals surface area contributed by atoms with Crippen LogP contribution >= 0.6 is 0 Å². The third kappa shape index (κ3) is 18.2. The lowest BCUT2D eigenvalue weighted by Gasteiger charge is -2.40. The number of halogens is 7. The highest BCUT2D eigenvalue weighted by molar-refractivity contribution is 5.70. The number of fused-ring (bicyclic) bond motifs is 2. The van der Waals surface area contributed by atoms with E-state index in [4.69, 9.17) is 52.0 Å². The van der Waals surface area contributed by atoms with E-state index in [1.165, 1.54) is 18.7 Å². The van der Waals surface area contributed by atoms with E-state index in [9.17, 15) is 40.3 Å². The standard InChI is InChI=1S/C33H37F3N8O3.C27H35N7O3.C6H3F4N.CH4/c1-37-18-25-19-43(16-17-44(25)32(45)47-21-23-8-4-3-5-9-23)29-26-12-15-42(30-27(33(34,35)36)11-6-13-38-30)20-28(26)39-31(40-29)46-22-24-10-7-14-41(24)2;1-28-15-22-17-33(13-14-34(22)27(35)37-18-20-7-4-3-5-8-20)25-23-10-11-29-16-24(23)30-26(31-25)36-19-21-9-6-12-32(21)2;7-5-4(6(8,9)10)2-1-3-11-5;/h3-6,8-9,11,13,24-25H,7,10,12,14-22H2,2H3;3-5,7-8,21-22,29H,6,9-19H2,2H3;1-3H;1H4/t24-,25?;21-,22?;;/m00../s1. The van der Waals surface area contributed by atoms with Crippen molar-refractivity contribution in [1.82, 2.24) is 54.8 Å². The monoisotopic (exact) mass is 1340 g/mol. The molecule has 0 spiro atoms. The van der Waals surface area contributed by atoms with E-state index >= 15 is 0 Å². The number of nitrogens with one attached hydrogen (secondary N) is 1. The molecular weight excluding hydrogens is 1260 g/mol. The number of pyridine rings is 2. The van der Waals surface area contributed by atoms with Crippen molar-refractivity contribution >= 4 is 29.6 Å². The molecule has 22 nitrogen and oxygen atoms in total. The number of benzene rings is 2. The minimum absolute atomic E-state index is 0. The topological polar surface area (TPSA) is 192 Å². The molecule has 2 amide bonds. The molecule has 10 heterocycles. The second-order valence-corrected chi connectivity index (χ2v) is 23.8. The number of piperazine rings is 2. The molecule has 12 rings (SSSR count). The Balaban J connectivity index is 0.000000196. The first kappa shape index (κ1) is 71.1. The largest absolute Gasteiger partial charge is 0.462 e. The van der Waals surface area contributed by atoms with E-state index in [2.05, 4.69) is 46.7 Å². The van der Waals surface area contributed by atoms with Crippen LogP contribution in [0.5, 0.6) is 12.0 Å². The van der Waals surface area contributed by atoms with Gasteiger partial charge in [-0.15, -0.1) is 0 Å². The first-order valence-corrected chi connectivity index (χ1v) is 31.6. The van der Waals surface area contributed by atoms with Crippen LogP contribution in [0.25, 0.3) is 9.69 Å². The summed E-state index contributed by atoms with van der Waals surface area (Å²) in [4.78, 5) is 73.1. The van der Waals surface area contributed by atoms with Gasteiger partial charge in [0.2, 0.25) is 19.0 Å². The van der Waals surface area contributed by atoms with Gasteiger partial charge in [-0.1, -0.05) is 68.1 Å². The average Bonchev–Trinajstić information content (AvgIpc) is 0.908. The number of alkyl halides is 6. The minimum Gasteiger partial charge on any atom is -0.462 e. The smallest absolute Gasteiger partial charge is 0.420 e. The molecule has 4 fully saturated rings. The summed E-state index contributed by atoms with van der Waals surface area (Å²) in [5, 5.41) is 3.40. The van der Waals surface area contributed by atoms with Gasteiger partial charge in [0.25, 0.3) is 0 Å². The number of ether oxygens (including phenoxy) is 4. The zero-order valence-corrected chi connectivity index (χ0v) is 52.8. The quantitative estimate of drug-likeness (QED) is 0.0580. The van der Waals surface area contributed by atoms with Crippen molar-refractivity contribution in [3.8, 4) is 12.0 Å². The number of rotatable bonds is 15. The van der Waals surface area contributed by atoms with Gasteiger partial charge in [0, 0.05) is 88.0 Å². The number of amides is 2. The number of anilines is 3. The Morgan fingerprint density at radius 3 is 1.53 bits per heavy atom. The molecule has 6 aliphatic heterocycles. The number of hydrogen-bond donors (Lipinski definition) is 1. The van der Waals surface area contributed by atoms with Crippen LogP contribution in [0.3, 0.4) is 0 Å². The number of carbonyl (C=O) groups excluding carboxylic acids is 2. The van der Waals surface area contributed by atoms with Gasteiger partial charge in [0.05, 0.1) is 23.5 Å². The maximum Gasteiger partial charge on any atom is 0.420 e. The SMILES string of the molecule is C.Fc1ncccc1C(F)(F)F.[C-]#[N+]CC1CN(c2nc(OC[C@@H]3CCCN3C)nc3c2CCN(c2ncccc2C(F)(F)F)C3)CCN1C(=O)OCc1ccccc1.[C-]#[N+]CC1CN(c2nc(OC[C@@H]3CCCN3C)nc3c2CCNC3)CCN1C(=O)OCc1ccccc1. The molecule has 0 radical (unpaired) electrons. The first-order chi connectivity index (χ1) is 45.8. The summed E-state index contributed by atoms with van der Waals surface area (Å²) >= 11 is 0. The van der Waals surface area contributed by atoms with E-state index in [0.29, 0.717) is 95.1 Å². The van der Waals surface area contributed by atoms with Crippen molar-refractivity contribution in [2.45, 2.75) is 109 Å². The molecule has 96 heavy (non-hydrogen) atoms. The van der Waals surface area contributed by atoms with Crippen molar-refractivity contribution < 1.29 is 59.3 Å². The molecule has 1 N–H and O–H groups in total. The highest BCUT2D eigenvalue weighted by Crippen LogP contribution is 2.39. The second-order valence-electron chi connectivity index (χ2n) is 23.8. The van der Waals surface area contributed by atoms with E-state index in [1.54, 1.807) is 14.7 Å². The summed E-state index contributed by atoms with van der Waals surface area (Å²) in [6.07, 6.45) is -2.16. The third-order valence-corrected chi connectivity index (χ3v) is 17.6. The molecule has 0 saturated carbocycles. The van der Waals surface area contributed by atoms with Crippen LogP contribution in [-0.4, -0.2) is 192 Å². The highest BCUT2D eigenvalue weighted by Gasteiger charge is 2.41. The molecule has 2 aromatic carbocycles. The van der Waals surface area contributed by atoms with Crippen LogP contribution in [-0.2, 0) is 61.0 Å². The normalized spacial score (nSPS) is 19.6. The van der Waals surface area contributed by atoms with Crippen LogP contribution in [0.1, 0.15) is 77.9 Å². The lowest BCUT2D eigenvalue weighted by molar-refractivity contribution is -0.140. The number of nitrogens with zero attached hydrogens (tertiary/aromatic N) is 15. The van der Waals surface area contributed by atoms with Crippen molar-refractivity contribution in [2.75, 3.05) is 121 Å². The molecule has 6 aliphatic rings. The minimum atomic E-state index is -4.65. The summed E-state index contributed by atoms with van der Waals surface area (Å²) in [5.74, 6) is -0.136. The Morgan fingerprint density at radius 2 is 1.06 bits per heavy atom. The van der Waals surface area contributed by atoms with Gasteiger partial charge < -0.3 is 58.5 Å². The van der Waals surface area contributed by atoms with Crippen molar-refractivity contribution in [3.05, 3.63) is 171 Å². The lowest BCUT2D eigenvalue weighted by Crippen LogP contribution is -2.57. The summed E-state index contributed by atoms with van der Waals surface area (Å²) in [6.45, 7) is 23.3. The summed E-state index contributed by atoms with van der Waals surface area (Å²) < 4.78 is 113. The van der Waals surface area contributed by atoms with Gasteiger partial charge in [-0.3, -0.25) is 9.80 Å². The molecular formula is C67H79F7N16O6. The van der Waals surface area contributed by atoms with Crippen LogP contribution < -0.4 is 29.5 Å². The predicted octanol–water partition coefficient (Wildman–Crippen LogP) is 9.89. The molecule has 2 unspecified atom stereocenters. The molecule has 4 aromatic heterocycles. The molecule has 512 valence electrons. The number of aromatic nitrogens is 6. The number of likely N-dealkylation sites (N-methyl/N-ethyl adjacent to an activating group) is 2. The van der Waals surface area contributed by atoms with Crippen LogP contribution in [0, 0.1) is 19.1 Å². The molecule has 29 heteroatoms. The van der Waals surface area contributed by atoms with Crippen LogP contribution in [0.4, 0.5) is 57.8 Å². The zero-order chi connectivity index (χ0) is 67.1. The van der Waals surface area contributed by atoms with E-state index in [-0.39, 0.29) is 76.8 Å². The van der Waals surface area contributed by atoms with Gasteiger partial charge in [0.1, 0.15) is 61.5 Å². The van der Waals surface area contributed by atoms with E-state index in [0.717, 1.165) is 97.4 Å². The van der Waals surface area contributed by atoms with Crippen molar-refractivity contribution in [2.24, 2.45) is 0 Å². The van der Waals surface area contributed by atoms with Gasteiger partial charge in [-0.2, -0.15) is 50.7 Å². The third-order valence-electron chi connectivity index (χ3n) is 17.6. The first-order valence-electron chi connectivity index (χ1n) is 31.6. The van der Waals surface area contributed by atoms with E-state index in [1.807, 2.05) is 72.6 Å². The highest BCUT2D eigenvalue weighted by atomic mass is 19.4. The maximum absolute atomic E-state index is 13.9. The van der Waals surface area contributed by atoms with Gasteiger partial charge in [0.15, 0.2) is 0 Å². The van der Waals surface area contributed by atoms with Gasteiger partial charge >= 0.3 is 36.6 Å². The van der Waals surface area contributed by atoms with Crippen molar-refractivity contribution in [3.63, 3.8) is 0 Å². The Labute approximate surface area is 554 Å². The number of likely N-dealkylation sites (tertiary alicyclic amines) is 2. The molecule has 0 bridgehead atoms. The molecule has 4 saturated heterocycles. The lowest BCUT2D eigenvalue weighted by atomic mass is 10.0. The van der Waals surface area contributed by atoms with E-state index < -0.39 is 41.6 Å². The van der Waals surface area contributed by atoms with Crippen LogP contribution in [0.2, 0.25) is 0 Å².